The van der Waals surface area contributed by atoms with Crippen LogP contribution in [-0.2, 0) is 24.4 Å². The van der Waals surface area contributed by atoms with E-state index in [0.717, 1.165) is 10.1 Å². The Balaban J connectivity index is 2.20. The molecule has 2 heterocycles. The number of nitrogens with two attached hydrogens (primary N) is 1. The maximum atomic E-state index is 13.0. The summed E-state index contributed by atoms with van der Waals surface area (Å²) in [6.07, 6.45) is 1.51. The molecule has 10 heteroatoms. The average Bonchev–Trinajstić information content (AvgIpc) is 3.05. The van der Waals surface area contributed by atoms with Crippen LogP contribution in [0.15, 0.2) is 46.2 Å². The fourth-order valence-corrected chi connectivity index (χ4v) is 3.14. The fraction of sp³-hybridized carbons (Fsp3) is 0.316. The summed E-state index contributed by atoms with van der Waals surface area (Å²) in [5, 5.41) is 1.87. The van der Waals surface area contributed by atoms with Crippen LogP contribution in [0.25, 0.3) is 11.2 Å². The summed E-state index contributed by atoms with van der Waals surface area (Å²) in [5.41, 5.74) is 4.92. The highest BCUT2D eigenvalue weighted by Gasteiger charge is 2.20. The minimum absolute atomic E-state index is 0.173. The number of aromatic nitrogens is 4. The van der Waals surface area contributed by atoms with Gasteiger partial charge in [0.05, 0.1) is 12.9 Å². The van der Waals surface area contributed by atoms with Gasteiger partial charge in [0, 0.05) is 6.54 Å². The topological polar surface area (TPSA) is 134 Å². The van der Waals surface area contributed by atoms with Crippen LogP contribution < -0.4 is 22.3 Å². The predicted molar refractivity (Wildman–Crippen MR) is 106 cm³/mol. The van der Waals surface area contributed by atoms with Crippen LogP contribution in [0.1, 0.15) is 19.4 Å². The van der Waals surface area contributed by atoms with E-state index in [1.54, 1.807) is 4.57 Å². The smallest absolute Gasteiger partial charge is 0.333 e. The molecule has 10 nitrogen and oxygen atoms in total. The van der Waals surface area contributed by atoms with Crippen LogP contribution in [0.4, 0.5) is 4.79 Å². The van der Waals surface area contributed by atoms with Gasteiger partial charge in [-0.15, -0.1) is 0 Å². The van der Waals surface area contributed by atoms with Crippen molar-refractivity contribution in [2.24, 2.45) is 11.7 Å². The van der Waals surface area contributed by atoms with Crippen LogP contribution in [0, 0.1) is 5.92 Å². The number of rotatable bonds is 6. The highest BCUT2D eigenvalue weighted by atomic mass is 16.2. The number of urea groups is 1. The van der Waals surface area contributed by atoms with Crippen LogP contribution in [0.3, 0.4) is 0 Å². The molecule has 3 aromatic rings. The van der Waals surface area contributed by atoms with Gasteiger partial charge in [0.15, 0.2) is 11.2 Å². The summed E-state index contributed by atoms with van der Waals surface area (Å²) < 4.78 is 3.81. The van der Waals surface area contributed by atoms with Crippen LogP contribution in [0.2, 0.25) is 0 Å². The number of amides is 3. The van der Waals surface area contributed by atoms with Crippen molar-refractivity contribution in [2.75, 3.05) is 0 Å². The van der Waals surface area contributed by atoms with Gasteiger partial charge < -0.3 is 10.3 Å². The number of primary amides is 1. The number of benzene rings is 1. The van der Waals surface area contributed by atoms with Crippen molar-refractivity contribution in [3.63, 3.8) is 0 Å². The van der Waals surface area contributed by atoms with Gasteiger partial charge in [0.2, 0.25) is 5.91 Å². The molecule has 0 aliphatic carbocycles. The third-order valence-electron chi connectivity index (χ3n) is 4.29. The molecule has 0 aliphatic rings. The highest BCUT2D eigenvalue weighted by molar-refractivity contribution is 5.93. The molecule has 0 bridgehead atoms. The Morgan fingerprint density at radius 1 is 1.14 bits per heavy atom. The van der Waals surface area contributed by atoms with Crippen molar-refractivity contribution >= 4 is 23.1 Å². The first-order chi connectivity index (χ1) is 13.8. The quantitative estimate of drug-likeness (QED) is 0.614. The summed E-state index contributed by atoms with van der Waals surface area (Å²) in [5.74, 6) is -0.620. The van der Waals surface area contributed by atoms with Gasteiger partial charge in [-0.2, -0.15) is 0 Å². The zero-order valence-corrected chi connectivity index (χ0v) is 16.2. The van der Waals surface area contributed by atoms with Crippen molar-refractivity contribution < 1.29 is 9.59 Å². The van der Waals surface area contributed by atoms with Gasteiger partial charge in [-0.25, -0.2) is 19.1 Å². The molecule has 0 unspecified atom stereocenters. The van der Waals surface area contributed by atoms with Gasteiger partial charge in [-0.3, -0.25) is 19.5 Å². The van der Waals surface area contributed by atoms with Gasteiger partial charge in [0.25, 0.3) is 5.56 Å². The van der Waals surface area contributed by atoms with Gasteiger partial charge in [-0.05, 0) is 11.5 Å². The van der Waals surface area contributed by atoms with Crippen molar-refractivity contribution in [1.29, 1.82) is 0 Å². The predicted octanol–water partition coefficient (Wildman–Crippen LogP) is 0.259. The molecule has 3 amide bonds. The van der Waals surface area contributed by atoms with Gasteiger partial charge in [-0.1, -0.05) is 44.2 Å². The molecule has 0 radical (unpaired) electrons. The molecule has 0 aliphatic heterocycles. The monoisotopic (exact) mass is 398 g/mol. The lowest BCUT2D eigenvalue weighted by atomic mass is 10.2. The second kappa shape index (κ2) is 8.13. The number of carbonyl (C=O) groups excluding carboxylic acids is 2. The number of imide groups is 1. The first-order valence-electron chi connectivity index (χ1n) is 9.09. The fourth-order valence-electron chi connectivity index (χ4n) is 3.14. The first-order valence-corrected chi connectivity index (χ1v) is 9.09. The van der Waals surface area contributed by atoms with Crippen LogP contribution >= 0.6 is 0 Å². The number of hydrogen-bond acceptors (Lipinski definition) is 5. The van der Waals surface area contributed by atoms with E-state index in [4.69, 9.17) is 5.73 Å². The number of nitrogens with zero attached hydrogens (tertiary/aromatic N) is 4. The maximum Gasteiger partial charge on any atom is 0.333 e. The lowest BCUT2D eigenvalue weighted by Crippen LogP contribution is -2.46. The molecular weight excluding hydrogens is 376 g/mol. The number of nitrogens with one attached hydrogen (secondary N) is 1. The number of hydrogen-bond donors (Lipinski definition) is 2. The van der Waals surface area contributed by atoms with E-state index < -0.39 is 29.7 Å². The Labute approximate surface area is 165 Å². The van der Waals surface area contributed by atoms with E-state index >= 15 is 0 Å². The Morgan fingerprint density at radius 2 is 1.83 bits per heavy atom. The summed E-state index contributed by atoms with van der Waals surface area (Å²) in [7, 11) is 0. The van der Waals surface area contributed by atoms with E-state index in [9.17, 15) is 19.2 Å². The summed E-state index contributed by atoms with van der Waals surface area (Å²) in [4.78, 5) is 53.3. The number of fused-ring (bicyclic) bond motifs is 1. The van der Waals surface area contributed by atoms with Gasteiger partial charge >= 0.3 is 11.7 Å². The van der Waals surface area contributed by atoms with E-state index in [-0.39, 0.29) is 23.6 Å². The van der Waals surface area contributed by atoms with E-state index in [1.807, 2.05) is 49.5 Å². The zero-order chi connectivity index (χ0) is 21.1. The third kappa shape index (κ3) is 4.26. The zero-order valence-electron chi connectivity index (χ0n) is 16.2. The second-order valence-electron chi connectivity index (χ2n) is 7.12. The summed E-state index contributed by atoms with van der Waals surface area (Å²) >= 11 is 0. The lowest BCUT2D eigenvalue weighted by Gasteiger charge is -2.13. The Morgan fingerprint density at radius 3 is 2.45 bits per heavy atom. The molecule has 3 rings (SSSR count). The van der Waals surface area contributed by atoms with Crippen molar-refractivity contribution in [3.05, 3.63) is 63.1 Å². The standard InChI is InChI=1S/C19H22N6O4/c1-12(2)8-23-11-21-16-15(23)17(27)25(10-14(26)22-18(20)28)19(29)24(16)9-13-6-4-3-5-7-13/h3-7,11-12H,8-10H2,1-2H3,(H3,20,22,26,28). The molecule has 0 atom stereocenters. The Hall–Kier alpha value is -3.69. The molecular formula is C19H22N6O4. The Bertz CT molecular complexity index is 1170. The van der Waals surface area contributed by atoms with Crippen LogP contribution in [-0.4, -0.2) is 30.6 Å². The average molecular weight is 398 g/mol. The molecule has 2 aromatic heterocycles. The van der Waals surface area contributed by atoms with Crippen LogP contribution in [0.5, 0.6) is 0 Å². The summed E-state index contributed by atoms with van der Waals surface area (Å²) in [6.45, 7) is 4.04. The van der Waals surface area contributed by atoms with Crippen molar-refractivity contribution in [3.8, 4) is 0 Å². The second-order valence-corrected chi connectivity index (χ2v) is 7.12. The van der Waals surface area contributed by atoms with E-state index in [0.29, 0.717) is 6.54 Å². The van der Waals surface area contributed by atoms with Gasteiger partial charge in [0.1, 0.15) is 6.54 Å². The van der Waals surface area contributed by atoms with Crippen molar-refractivity contribution in [1.82, 2.24) is 24.0 Å². The molecule has 0 fully saturated rings. The SMILES string of the molecule is CC(C)Cn1cnc2c1c(=O)n(CC(=O)NC(N)=O)c(=O)n2Cc1ccccc1. The molecule has 152 valence electrons. The maximum absolute atomic E-state index is 13.0. The number of imidazole rings is 1. The molecule has 0 saturated carbocycles. The molecule has 29 heavy (non-hydrogen) atoms. The lowest BCUT2D eigenvalue weighted by molar-refractivity contribution is -0.120. The first kappa shape index (κ1) is 20.1. The molecule has 3 N–H and O–H groups in total. The minimum atomic E-state index is -1.06. The minimum Gasteiger partial charge on any atom is -0.351 e. The molecule has 0 spiro atoms. The van der Waals surface area contributed by atoms with E-state index in [2.05, 4.69) is 4.98 Å². The van der Waals surface area contributed by atoms with E-state index in [1.165, 1.54) is 10.9 Å². The third-order valence-corrected chi connectivity index (χ3v) is 4.29. The summed E-state index contributed by atoms with van der Waals surface area (Å²) in [6, 6.07) is 8.17. The normalized spacial score (nSPS) is 11.1. The number of carbonyl (C=O) groups is 2. The molecule has 0 saturated heterocycles. The largest absolute Gasteiger partial charge is 0.351 e. The molecule has 1 aromatic carbocycles. The van der Waals surface area contributed by atoms with Crippen molar-refractivity contribution in [2.45, 2.75) is 33.5 Å². The highest BCUT2D eigenvalue weighted by Crippen LogP contribution is 2.11. The Kier molecular flexibility index (Phi) is 5.62.